The maximum absolute atomic E-state index is 5.87. The van der Waals surface area contributed by atoms with Crippen molar-refractivity contribution in [2.24, 2.45) is 0 Å². The maximum Gasteiger partial charge on any atom is 0.0596 e. The van der Waals surface area contributed by atoms with Crippen molar-refractivity contribution in [3.63, 3.8) is 0 Å². The van der Waals surface area contributed by atoms with Crippen molar-refractivity contribution in [2.45, 2.75) is 71.6 Å². The highest BCUT2D eigenvalue weighted by Gasteiger charge is 2.14. The second-order valence-electron chi connectivity index (χ2n) is 6.10. The molecule has 0 aliphatic heterocycles. The molecule has 4 heteroatoms. The van der Waals surface area contributed by atoms with E-state index in [1.165, 1.54) is 31.4 Å². The third-order valence-electron chi connectivity index (χ3n) is 4.02. The average Bonchev–Trinajstić information content (AvgIpc) is 3.00. The van der Waals surface area contributed by atoms with E-state index in [0.717, 1.165) is 31.8 Å². The maximum atomic E-state index is 5.87. The standard InChI is InChI=1S/C16H29N3O/c1-13-11-15(3)19(18-13)12-14(2)17-9-6-10-20-16-7-4-5-8-16/h11,14,16-17H,4-10,12H2,1-3H3/t14-/m0/s1. The molecule has 0 spiro atoms. The van der Waals surface area contributed by atoms with Gasteiger partial charge in [-0.05, 0) is 52.6 Å². The van der Waals surface area contributed by atoms with Crippen molar-refractivity contribution < 1.29 is 4.74 Å². The monoisotopic (exact) mass is 279 g/mol. The van der Waals surface area contributed by atoms with Gasteiger partial charge in [-0.25, -0.2) is 0 Å². The molecule has 4 nitrogen and oxygen atoms in total. The Morgan fingerprint density at radius 3 is 2.80 bits per heavy atom. The highest BCUT2D eigenvalue weighted by atomic mass is 16.5. The van der Waals surface area contributed by atoms with Crippen LogP contribution in [-0.2, 0) is 11.3 Å². The predicted octanol–water partition coefficient (Wildman–Crippen LogP) is 2.83. The van der Waals surface area contributed by atoms with Crippen LogP contribution >= 0.6 is 0 Å². The SMILES string of the molecule is Cc1cc(C)n(C[C@H](C)NCCCOC2CCCC2)n1. The minimum absolute atomic E-state index is 0.444. The van der Waals surface area contributed by atoms with Gasteiger partial charge in [-0.1, -0.05) is 12.8 Å². The van der Waals surface area contributed by atoms with Crippen LogP contribution in [0.3, 0.4) is 0 Å². The van der Waals surface area contributed by atoms with E-state index in [1.807, 2.05) is 6.92 Å². The van der Waals surface area contributed by atoms with E-state index in [4.69, 9.17) is 4.74 Å². The Morgan fingerprint density at radius 1 is 1.40 bits per heavy atom. The van der Waals surface area contributed by atoms with E-state index < -0.39 is 0 Å². The van der Waals surface area contributed by atoms with Crippen molar-refractivity contribution in [3.05, 3.63) is 17.5 Å². The van der Waals surface area contributed by atoms with Crippen LogP contribution in [0.25, 0.3) is 0 Å². The Morgan fingerprint density at radius 2 is 2.15 bits per heavy atom. The van der Waals surface area contributed by atoms with Crippen LogP contribution in [0.1, 0.15) is 50.4 Å². The van der Waals surface area contributed by atoms with Crippen molar-refractivity contribution in [1.82, 2.24) is 15.1 Å². The molecule has 114 valence electrons. The van der Waals surface area contributed by atoms with Gasteiger partial charge in [-0.3, -0.25) is 4.68 Å². The van der Waals surface area contributed by atoms with Gasteiger partial charge in [0.2, 0.25) is 0 Å². The Bertz CT molecular complexity index is 396. The molecule has 1 aromatic rings. The molecule has 0 unspecified atom stereocenters. The van der Waals surface area contributed by atoms with Crippen molar-refractivity contribution in [3.8, 4) is 0 Å². The van der Waals surface area contributed by atoms with E-state index in [0.29, 0.717) is 12.1 Å². The van der Waals surface area contributed by atoms with Crippen LogP contribution in [-0.4, -0.2) is 35.1 Å². The van der Waals surface area contributed by atoms with Crippen LogP contribution in [0.5, 0.6) is 0 Å². The molecule has 0 saturated heterocycles. The number of nitrogens with zero attached hydrogens (tertiary/aromatic N) is 2. The van der Waals surface area contributed by atoms with Crippen LogP contribution in [0.2, 0.25) is 0 Å². The molecular weight excluding hydrogens is 250 g/mol. The first-order chi connectivity index (χ1) is 9.65. The van der Waals surface area contributed by atoms with E-state index in [1.54, 1.807) is 0 Å². The molecule has 1 heterocycles. The van der Waals surface area contributed by atoms with E-state index in [9.17, 15) is 0 Å². The van der Waals surface area contributed by atoms with Crippen LogP contribution in [0.15, 0.2) is 6.07 Å². The third kappa shape index (κ3) is 4.91. The zero-order valence-corrected chi connectivity index (χ0v) is 13.2. The summed E-state index contributed by atoms with van der Waals surface area (Å²) in [4.78, 5) is 0. The summed E-state index contributed by atoms with van der Waals surface area (Å²) in [6.07, 6.45) is 6.87. The Balaban J connectivity index is 1.55. The topological polar surface area (TPSA) is 39.1 Å². The van der Waals surface area contributed by atoms with Gasteiger partial charge in [-0.15, -0.1) is 0 Å². The number of aromatic nitrogens is 2. The lowest BCUT2D eigenvalue weighted by atomic mass is 10.3. The van der Waals surface area contributed by atoms with Gasteiger partial charge in [0, 0.05) is 18.3 Å². The lowest BCUT2D eigenvalue weighted by Crippen LogP contribution is -2.32. The summed E-state index contributed by atoms with van der Waals surface area (Å²) in [5.74, 6) is 0. The van der Waals surface area contributed by atoms with Crippen LogP contribution in [0.4, 0.5) is 0 Å². The fourth-order valence-corrected chi connectivity index (χ4v) is 2.91. The molecular formula is C16H29N3O. The number of hydrogen-bond donors (Lipinski definition) is 1. The molecule has 2 rings (SSSR count). The van der Waals surface area contributed by atoms with E-state index >= 15 is 0 Å². The molecule has 1 aliphatic carbocycles. The summed E-state index contributed by atoms with van der Waals surface area (Å²) in [5.41, 5.74) is 2.33. The van der Waals surface area contributed by atoms with Gasteiger partial charge in [0.25, 0.3) is 0 Å². The summed E-state index contributed by atoms with van der Waals surface area (Å²) in [5, 5.41) is 8.05. The Kier molecular flexibility index (Phi) is 6.05. The number of hydrogen-bond acceptors (Lipinski definition) is 3. The molecule has 1 aromatic heterocycles. The molecule has 1 atom stereocenters. The first-order valence-electron chi connectivity index (χ1n) is 8.01. The summed E-state index contributed by atoms with van der Waals surface area (Å²) >= 11 is 0. The number of aryl methyl sites for hydroxylation is 2. The van der Waals surface area contributed by atoms with Gasteiger partial charge in [-0.2, -0.15) is 5.10 Å². The molecule has 0 radical (unpaired) electrons. The second kappa shape index (κ2) is 7.79. The summed E-state index contributed by atoms with van der Waals surface area (Å²) < 4.78 is 7.95. The van der Waals surface area contributed by atoms with Crippen molar-refractivity contribution in [2.75, 3.05) is 13.2 Å². The highest BCUT2D eigenvalue weighted by molar-refractivity contribution is 5.06. The zero-order valence-electron chi connectivity index (χ0n) is 13.2. The Labute approximate surface area is 122 Å². The smallest absolute Gasteiger partial charge is 0.0596 e. The minimum Gasteiger partial charge on any atom is -0.378 e. The number of ether oxygens (including phenoxy) is 1. The van der Waals surface area contributed by atoms with Crippen molar-refractivity contribution in [1.29, 1.82) is 0 Å². The lowest BCUT2D eigenvalue weighted by Gasteiger charge is -2.16. The van der Waals surface area contributed by atoms with E-state index in [2.05, 4.69) is 35.0 Å². The third-order valence-corrected chi connectivity index (χ3v) is 4.02. The normalized spacial score (nSPS) is 17.8. The van der Waals surface area contributed by atoms with Gasteiger partial charge in [0.05, 0.1) is 18.3 Å². The van der Waals surface area contributed by atoms with Crippen LogP contribution in [0, 0.1) is 13.8 Å². The second-order valence-corrected chi connectivity index (χ2v) is 6.10. The largest absolute Gasteiger partial charge is 0.378 e. The fourth-order valence-electron chi connectivity index (χ4n) is 2.91. The fraction of sp³-hybridized carbons (Fsp3) is 0.812. The highest BCUT2D eigenvalue weighted by Crippen LogP contribution is 2.20. The number of rotatable bonds is 8. The zero-order chi connectivity index (χ0) is 14.4. The number of nitrogens with one attached hydrogen (secondary N) is 1. The van der Waals surface area contributed by atoms with Gasteiger partial charge < -0.3 is 10.1 Å². The predicted molar refractivity (Wildman–Crippen MR) is 82.0 cm³/mol. The molecule has 1 fully saturated rings. The Hall–Kier alpha value is -0.870. The van der Waals surface area contributed by atoms with E-state index in [-0.39, 0.29) is 0 Å². The van der Waals surface area contributed by atoms with Gasteiger partial charge in [0.15, 0.2) is 0 Å². The molecule has 0 amide bonds. The quantitative estimate of drug-likeness (QED) is 0.744. The summed E-state index contributed by atoms with van der Waals surface area (Å²) in [6, 6.07) is 2.57. The average molecular weight is 279 g/mol. The summed E-state index contributed by atoms with van der Waals surface area (Å²) in [6.45, 7) is 9.22. The van der Waals surface area contributed by atoms with Crippen LogP contribution < -0.4 is 5.32 Å². The molecule has 1 aliphatic rings. The first kappa shape index (κ1) is 15.5. The van der Waals surface area contributed by atoms with Gasteiger partial charge in [0.1, 0.15) is 0 Å². The molecule has 0 aromatic carbocycles. The molecule has 0 bridgehead atoms. The molecule has 20 heavy (non-hydrogen) atoms. The summed E-state index contributed by atoms with van der Waals surface area (Å²) in [7, 11) is 0. The van der Waals surface area contributed by atoms with Crippen molar-refractivity contribution >= 4 is 0 Å². The van der Waals surface area contributed by atoms with Gasteiger partial charge >= 0.3 is 0 Å². The minimum atomic E-state index is 0.444. The molecule has 1 saturated carbocycles. The molecule has 1 N–H and O–H groups in total. The first-order valence-corrected chi connectivity index (χ1v) is 8.01. The lowest BCUT2D eigenvalue weighted by molar-refractivity contribution is 0.0566.